The lowest BCUT2D eigenvalue weighted by molar-refractivity contribution is 0.668. The number of aryl methyl sites for hydroxylation is 3. The topological polar surface area (TPSA) is 57.4 Å². The van der Waals surface area contributed by atoms with Gasteiger partial charge >= 0.3 is 0 Å². The summed E-state index contributed by atoms with van der Waals surface area (Å²) in [7, 11) is 0. The largest absolute Gasteiger partial charge is 0.355 e. The highest BCUT2D eigenvalue weighted by atomic mass is 79.9. The first kappa shape index (κ1) is 41.7. The number of unbranched alkanes of at least 4 members (excludes halogenated alkanes) is 12. The van der Waals surface area contributed by atoms with Crippen LogP contribution in [-0.4, -0.2) is 41.3 Å². The van der Waals surface area contributed by atoms with Crippen LogP contribution in [0.4, 0.5) is 0 Å². The van der Waals surface area contributed by atoms with Gasteiger partial charge in [-0.05, 0) is 131 Å². The van der Waals surface area contributed by atoms with Gasteiger partial charge in [-0.1, -0.05) is 115 Å². The summed E-state index contributed by atoms with van der Waals surface area (Å²) in [4.78, 5) is 18.7. The quantitative estimate of drug-likeness (QED) is 0.0478. The summed E-state index contributed by atoms with van der Waals surface area (Å²) in [6, 6.07) is 9.27. The minimum Gasteiger partial charge on any atom is -0.355 e. The molecule has 3 aromatic rings. The number of rotatable bonds is 24. The van der Waals surface area contributed by atoms with Crippen LogP contribution < -0.4 is 0 Å². The Bertz CT molecular complexity index is 1660. The van der Waals surface area contributed by atoms with Crippen LogP contribution in [0.5, 0.6) is 0 Å². The maximum absolute atomic E-state index is 5.43. The fourth-order valence-electron chi connectivity index (χ4n) is 7.49. The lowest BCUT2D eigenvalue weighted by Crippen LogP contribution is -1.97. The summed E-state index contributed by atoms with van der Waals surface area (Å²) in [6.45, 7) is 0. The first-order valence-electron chi connectivity index (χ1n) is 20.0. The standard InChI is InChI=1S/C44H58Br4N4/c45-29-13-5-1-9-17-33-37-21-23-39(49-37)34(18-10-2-6-14-30-46)41-25-27-43(51-41)36(20-12-4-8-16-32-48)44-28-26-42(52-44)35(19-11-3-7-15-31-47)40-24-22-38(33)50-40/h21-28,49-50H,1-20,29-32H2. The Kier molecular flexibility index (Phi) is 18.8. The Morgan fingerprint density at radius 3 is 0.942 bits per heavy atom. The van der Waals surface area contributed by atoms with Gasteiger partial charge in [-0.2, -0.15) is 0 Å². The van der Waals surface area contributed by atoms with E-state index < -0.39 is 0 Å². The molecule has 0 saturated carbocycles. The number of fused-ring (bicyclic) bond motifs is 8. The van der Waals surface area contributed by atoms with Gasteiger partial charge in [0.05, 0.1) is 22.8 Å². The first-order valence-corrected chi connectivity index (χ1v) is 24.5. The molecular formula is C44H58Br4N4. The molecule has 282 valence electrons. The minimum atomic E-state index is 0.992. The molecule has 2 aliphatic heterocycles. The third-order valence-electron chi connectivity index (χ3n) is 10.4. The van der Waals surface area contributed by atoms with Gasteiger partial charge in [-0.25, -0.2) is 9.97 Å². The molecule has 0 atom stereocenters. The van der Waals surface area contributed by atoms with E-state index in [1.54, 1.807) is 0 Å². The van der Waals surface area contributed by atoms with Crippen molar-refractivity contribution in [1.29, 1.82) is 0 Å². The van der Waals surface area contributed by atoms with Gasteiger partial charge in [0, 0.05) is 60.1 Å². The Hall–Kier alpha value is -1.48. The zero-order valence-corrected chi connectivity index (χ0v) is 37.3. The molecule has 8 bridgehead atoms. The van der Waals surface area contributed by atoms with E-state index in [4.69, 9.17) is 9.97 Å². The summed E-state index contributed by atoms with van der Waals surface area (Å²) in [5.74, 6) is 0. The third-order valence-corrected chi connectivity index (χ3v) is 12.7. The number of aromatic amines is 2. The average Bonchev–Trinajstić information content (AvgIpc) is 4.00. The fraction of sp³-hybridized carbons (Fsp3) is 0.545. The molecule has 5 rings (SSSR count). The first-order chi connectivity index (χ1) is 25.7. The number of hydrogen-bond donors (Lipinski definition) is 2. The molecule has 3 aromatic heterocycles. The molecule has 52 heavy (non-hydrogen) atoms. The van der Waals surface area contributed by atoms with Crippen molar-refractivity contribution < 1.29 is 0 Å². The van der Waals surface area contributed by atoms with Gasteiger partial charge in [0.15, 0.2) is 0 Å². The van der Waals surface area contributed by atoms with Crippen LogP contribution in [-0.2, 0) is 25.7 Å². The van der Waals surface area contributed by atoms with E-state index in [0.717, 1.165) is 89.0 Å². The molecule has 0 unspecified atom stereocenters. The molecule has 8 heteroatoms. The molecule has 0 fully saturated rings. The number of nitrogens with one attached hydrogen (secondary N) is 2. The summed E-state index contributed by atoms with van der Waals surface area (Å²) in [5, 5.41) is 4.31. The molecule has 0 radical (unpaired) electrons. The van der Waals surface area contributed by atoms with E-state index in [0.29, 0.717) is 0 Å². The van der Waals surface area contributed by atoms with Crippen molar-refractivity contribution in [1.82, 2.24) is 19.9 Å². The molecule has 0 spiro atoms. The van der Waals surface area contributed by atoms with Crippen LogP contribution in [0.1, 0.15) is 148 Å². The van der Waals surface area contributed by atoms with Crippen molar-refractivity contribution in [3.8, 4) is 0 Å². The highest BCUT2D eigenvalue weighted by molar-refractivity contribution is 9.09. The Morgan fingerprint density at radius 1 is 0.327 bits per heavy atom. The van der Waals surface area contributed by atoms with E-state index in [2.05, 4.69) is 122 Å². The third kappa shape index (κ3) is 12.3. The zero-order chi connectivity index (χ0) is 36.4. The van der Waals surface area contributed by atoms with E-state index in [1.807, 2.05) is 0 Å². The van der Waals surface area contributed by atoms with E-state index in [-0.39, 0.29) is 0 Å². The lowest BCUT2D eigenvalue weighted by Gasteiger charge is -2.07. The minimum absolute atomic E-state index is 0.992. The van der Waals surface area contributed by atoms with Crippen molar-refractivity contribution in [2.24, 2.45) is 0 Å². The van der Waals surface area contributed by atoms with Crippen molar-refractivity contribution in [2.45, 2.75) is 128 Å². The summed E-state index contributed by atoms with van der Waals surface area (Å²) >= 11 is 14.5. The van der Waals surface area contributed by atoms with Gasteiger partial charge in [0.1, 0.15) is 0 Å². The number of halogens is 4. The van der Waals surface area contributed by atoms with Crippen molar-refractivity contribution in [3.05, 3.63) is 69.3 Å². The smallest absolute Gasteiger partial charge is 0.0691 e. The molecule has 0 saturated heterocycles. The van der Waals surface area contributed by atoms with Crippen LogP contribution in [0.25, 0.3) is 46.4 Å². The highest BCUT2D eigenvalue weighted by Crippen LogP contribution is 2.30. The van der Waals surface area contributed by atoms with Crippen molar-refractivity contribution in [3.63, 3.8) is 0 Å². The number of H-pyrrole nitrogens is 2. The summed E-state index contributed by atoms with van der Waals surface area (Å²) < 4.78 is 0. The van der Waals surface area contributed by atoms with Gasteiger partial charge in [-0.15, -0.1) is 0 Å². The van der Waals surface area contributed by atoms with E-state index >= 15 is 0 Å². The maximum atomic E-state index is 5.43. The van der Waals surface area contributed by atoms with Crippen LogP contribution in [0.2, 0.25) is 0 Å². The van der Waals surface area contributed by atoms with E-state index in [9.17, 15) is 0 Å². The molecule has 5 heterocycles. The molecule has 4 nitrogen and oxygen atoms in total. The Balaban J connectivity index is 1.69. The molecule has 2 N–H and O–H groups in total. The summed E-state index contributed by atoms with van der Waals surface area (Å²) in [5.41, 5.74) is 14.6. The average molecular weight is 963 g/mol. The monoisotopic (exact) mass is 958 g/mol. The van der Waals surface area contributed by atoms with Gasteiger partial charge in [-0.3, -0.25) is 0 Å². The fourth-order valence-corrected chi connectivity index (χ4v) is 9.08. The molecule has 0 aliphatic carbocycles. The van der Waals surface area contributed by atoms with Crippen molar-refractivity contribution in [2.75, 3.05) is 21.3 Å². The molecule has 2 aliphatic rings. The maximum Gasteiger partial charge on any atom is 0.0691 e. The second-order valence-corrected chi connectivity index (χ2v) is 17.5. The Morgan fingerprint density at radius 2 is 0.596 bits per heavy atom. The lowest BCUT2D eigenvalue weighted by atomic mass is 10.0. The molecule has 0 amide bonds. The normalized spacial score (nSPS) is 12.4. The SMILES string of the molecule is BrCCCCCCc1c2nc(c(CCCCCCBr)c3ccc([nH]3)c(CCCCCCBr)c3ccc([nH]3)c(CCCCCCBr)c3nc1C=C3)C=C2. The van der Waals surface area contributed by atoms with Crippen LogP contribution in [0, 0.1) is 0 Å². The molecule has 0 aromatic carbocycles. The number of aromatic nitrogens is 4. The predicted molar refractivity (Wildman–Crippen MR) is 243 cm³/mol. The van der Waals surface area contributed by atoms with Gasteiger partial charge in [0.25, 0.3) is 0 Å². The van der Waals surface area contributed by atoms with Crippen LogP contribution >= 0.6 is 63.7 Å². The highest BCUT2D eigenvalue weighted by Gasteiger charge is 2.17. The predicted octanol–water partition coefficient (Wildman–Crippen LogP) is 14.6. The van der Waals surface area contributed by atoms with Crippen LogP contribution in [0.15, 0.2) is 24.3 Å². The summed E-state index contributed by atoms with van der Waals surface area (Å²) in [6.07, 6.45) is 32.6. The number of hydrogen-bond acceptors (Lipinski definition) is 2. The van der Waals surface area contributed by atoms with E-state index in [1.165, 1.54) is 128 Å². The number of alkyl halides is 4. The second-order valence-electron chi connectivity index (χ2n) is 14.3. The van der Waals surface area contributed by atoms with Gasteiger partial charge < -0.3 is 9.97 Å². The van der Waals surface area contributed by atoms with Crippen LogP contribution in [0.3, 0.4) is 0 Å². The second kappa shape index (κ2) is 23.4. The van der Waals surface area contributed by atoms with Crippen molar-refractivity contribution >= 4 is 110 Å². The molecular weight excluding hydrogens is 904 g/mol. The zero-order valence-electron chi connectivity index (χ0n) is 31.0. The Labute approximate surface area is 346 Å². The number of nitrogens with zero attached hydrogens (tertiary/aromatic N) is 2. The van der Waals surface area contributed by atoms with Gasteiger partial charge in [0.2, 0.25) is 0 Å².